The molecule has 0 saturated carbocycles. The average molecular weight is 654 g/mol. The van der Waals surface area contributed by atoms with Crippen molar-refractivity contribution in [3.8, 4) is 5.75 Å². The van der Waals surface area contributed by atoms with Crippen LogP contribution in [0, 0.1) is 5.82 Å². The fourth-order valence-electron chi connectivity index (χ4n) is 5.33. The smallest absolute Gasteiger partial charge is 0.407 e. The van der Waals surface area contributed by atoms with E-state index >= 15 is 0 Å². The summed E-state index contributed by atoms with van der Waals surface area (Å²) in [5.41, 5.74) is -1.56. The Balaban J connectivity index is 1.09. The van der Waals surface area contributed by atoms with Crippen molar-refractivity contribution < 1.29 is 45.3 Å². The number of amides is 1. The zero-order valence-electron chi connectivity index (χ0n) is 23.7. The Labute approximate surface area is 252 Å². The highest BCUT2D eigenvalue weighted by atomic mass is 32.2. The van der Waals surface area contributed by atoms with Gasteiger partial charge in [-0.3, -0.25) is 4.79 Å². The molecule has 13 nitrogen and oxygen atoms in total. The van der Waals surface area contributed by atoms with E-state index < -0.39 is 59.9 Å². The first-order valence-corrected chi connectivity index (χ1v) is 17.1. The molecule has 5 rings (SSSR count). The predicted molar refractivity (Wildman–Crippen MR) is 155 cm³/mol. The molecule has 0 aliphatic carbocycles. The van der Waals surface area contributed by atoms with Gasteiger partial charge in [-0.25, -0.2) is 26.0 Å². The number of nitrogens with one attached hydrogen (secondary N) is 2. The van der Waals surface area contributed by atoms with E-state index in [4.69, 9.17) is 14.2 Å². The van der Waals surface area contributed by atoms with Gasteiger partial charge in [0.1, 0.15) is 35.3 Å². The number of carbonyl (C=O) groups is 1. The van der Waals surface area contributed by atoms with Crippen LogP contribution >= 0.6 is 0 Å². The van der Waals surface area contributed by atoms with E-state index in [2.05, 4.69) is 10.3 Å². The van der Waals surface area contributed by atoms with Crippen molar-refractivity contribution in [2.24, 2.45) is 0 Å². The Bertz CT molecular complexity index is 1820. The molecular weight excluding hydrogens is 621 g/mol. The number of aromatic nitrogens is 1. The molecule has 2 fully saturated rings. The summed E-state index contributed by atoms with van der Waals surface area (Å²) in [6.45, 7) is -0.137. The zero-order valence-corrected chi connectivity index (χ0v) is 25.3. The van der Waals surface area contributed by atoms with Gasteiger partial charge in [0.05, 0.1) is 29.2 Å². The number of pyridine rings is 1. The highest BCUT2D eigenvalue weighted by Crippen LogP contribution is 2.38. The van der Waals surface area contributed by atoms with Crippen LogP contribution in [-0.4, -0.2) is 94.2 Å². The van der Waals surface area contributed by atoms with Crippen LogP contribution in [0.4, 0.5) is 9.18 Å². The standard InChI is InChI=1S/C28H32FN3O10S2/c1-43(36,37)21-5-2-4-19(12-21)40-16-18(33)14-31-27(35)42-20-13-28(41-17-20)8-10-32(11-9-28)44(38,39)24-15-30-25-22(26(24)34)6-3-7-23(25)29/h2-7,12,15,18,20,33H,8-11,13-14,16-17H2,1H3,(H,30,34)(H,31,35)/t18-,20+/m0/s1. The molecule has 3 N–H and O–H groups in total. The van der Waals surface area contributed by atoms with Crippen LogP contribution in [0.3, 0.4) is 0 Å². The van der Waals surface area contributed by atoms with E-state index in [0.29, 0.717) is 19.3 Å². The van der Waals surface area contributed by atoms with Gasteiger partial charge in [-0.2, -0.15) is 4.31 Å². The number of aliphatic hydroxyl groups excluding tert-OH is 1. The predicted octanol–water partition coefficient (Wildman–Crippen LogP) is 1.55. The minimum atomic E-state index is -4.17. The Morgan fingerprint density at radius 1 is 1.20 bits per heavy atom. The molecule has 1 amide bonds. The third kappa shape index (κ3) is 6.89. The van der Waals surface area contributed by atoms with E-state index in [9.17, 15) is 35.9 Å². The molecule has 0 radical (unpaired) electrons. The van der Waals surface area contributed by atoms with E-state index in [1.807, 2.05) is 0 Å². The van der Waals surface area contributed by atoms with Crippen LogP contribution in [0.2, 0.25) is 0 Å². The average Bonchev–Trinajstić information content (AvgIpc) is 3.36. The second-order valence-electron chi connectivity index (χ2n) is 10.9. The lowest BCUT2D eigenvalue weighted by molar-refractivity contribution is -0.0325. The summed E-state index contributed by atoms with van der Waals surface area (Å²) in [7, 11) is -7.58. The maximum absolute atomic E-state index is 14.0. The maximum Gasteiger partial charge on any atom is 0.407 e. The number of benzene rings is 2. The minimum Gasteiger partial charge on any atom is -0.491 e. The second-order valence-corrected chi connectivity index (χ2v) is 14.8. The molecular formula is C28H32FN3O10S2. The third-order valence-corrected chi connectivity index (χ3v) is 10.7. The minimum absolute atomic E-state index is 0.0589. The Morgan fingerprint density at radius 3 is 2.66 bits per heavy atom. The number of ether oxygens (including phenoxy) is 3. The summed E-state index contributed by atoms with van der Waals surface area (Å²) in [6, 6.07) is 9.70. The number of sulfone groups is 1. The van der Waals surface area contributed by atoms with Crippen LogP contribution in [0.25, 0.3) is 10.9 Å². The topological polar surface area (TPSA) is 181 Å². The first-order chi connectivity index (χ1) is 20.8. The number of H-pyrrole nitrogens is 1. The lowest BCUT2D eigenvalue weighted by atomic mass is 9.89. The SMILES string of the molecule is CS(=O)(=O)c1cccc(OC[C@@H](O)CNC(=O)O[C@H]2COC3(CCN(S(=O)(=O)c4c[nH]c5c(F)cccc5c4=O)CC3)C2)c1. The third-order valence-electron chi connectivity index (χ3n) is 7.69. The fraction of sp³-hybridized carbons (Fsp3) is 0.429. The number of hydrogen-bond donors (Lipinski definition) is 3. The monoisotopic (exact) mass is 653 g/mol. The number of rotatable bonds is 9. The molecule has 2 aliphatic heterocycles. The van der Waals surface area contributed by atoms with E-state index in [1.54, 1.807) is 6.07 Å². The van der Waals surface area contributed by atoms with Crippen molar-refractivity contribution in [3.63, 3.8) is 0 Å². The zero-order chi connectivity index (χ0) is 31.7. The number of para-hydroxylation sites is 1. The Morgan fingerprint density at radius 2 is 1.93 bits per heavy atom. The van der Waals surface area contributed by atoms with Gasteiger partial charge >= 0.3 is 6.09 Å². The Hall–Kier alpha value is -3.57. The van der Waals surface area contributed by atoms with Crippen molar-refractivity contribution in [2.75, 3.05) is 39.1 Å². The molecule has 1 spiro atoms. The summed E-state index contributed by atoms with van der Waals surface area (Å²) < 4.78 is 82.0. The molecule has 1 aromatic heterocycles. The van der Waals surface area contributed by atoms with Gasteiger partial charge < -0.3 is 29.6 Å². The van der Waals surface area contributed by atoms with Crippen LogP contribution < -0.4 is 15.5 Å². The van der Waals surface area contributed by atoms with Gasteiger partial charge in [0, 0.05) is 37.3 Å². The summed E-state index contributed by atoms with van der Waals surface area (Å²) in [4.78, 5) is 27.4. The van der Waals surface area contributed by atoms with Crippen LogP contribution in [-0.2, 0) is 29.3 Å². The molecule has 2 atom stereocenters. The summed E-state index contributed by atoms with van der Waals surface area (Å²) in [5, 5.41) is 12.6. The summed E-state index contributed by atoms with van der Waals surface area (Å²) >= 11 is 0. The molecule has 0 bridgehead atoms. The molecule has 44 heavy (non-hydrogen) atoms. The first kappa shape index (κ1) is 31.8. The largest absolute Gasteiger partial charge is 0.491 e. The van der Waals surface area contributed by atoms with Gasteiger partial charge in [0.25, 0.3) is 0 Å². The van der Waals surface area contributed by atoms with E-state index in [-0.39, 0.29) is 54.4 Å². The molecule has 2 saturated heterocycles. The number of nitrogens with zero attached hydrogens (tertiary/aromatic N) is 1. The number of hydrogen-bond acceptors (Lipinski definition) is 10. The van der Waals surface area contributed by atoms with Gasteiger partial charge in [-0.15, -0.1) is 0 Å². The number of alkyl carbamates (subject to hydrolysis) is 1. The van der Waals surface area contributed by atoms with Crippen LogP contribution in [0.5, 0.6) is 5.75 Å². The summed E-state index contributed by atoms with van der Waals surface area (Å²) in [6.07, 6.45) is 0.575. The lowest BCUT2D eigenvalue weighted by Crippen LogP contribution is -2.47. The van der Waals surface area contributed by atoms with Crippen LogP contribution in [0.15, 0.2) is 63.2 Å². The second kappa shape index (κ2) is 12.4. The molecule has 0 unspecified atom stereocenters. The molecule has 3 aromatic rings. The lowest BCUT2D eigenvalue weighted by Gasteiger charge is -2.37. The van der Waals surface area contributed by atoms with Gasteiger partial charge in [0.2, 0.25) is 15.5 Å². The van der Waals surface area contributed by atoms with Crippen molar-refractivity contribution in [1.29, 1.82) is 0 Å². The van der Waals surface area contributed by atoms with Crippen LogP contribution in [0.1, 0.15) is 19.3 Å². The number of sulfonamides is 1. The highest BCUT2D eigenvalue weighted by molar-refractivity contribution is 7.90. The number of carbonyl (C=O) groups excluding carboxylic acids is 1. The highest BCUT2D eigenvalue weighted by Gasteiger charge is 2.46. The molecule has 2 aromatic carbocycles. The van der Waals surface area contributed by atoms with Crippen molar-refractivity contribution in [3.05, 3.63) is 64.7 Å². The Kier molecular flexibility index (Phi) is 9.00. The number of fused-ring (bicyclic) bond motifs is 1. The van der Waals surface area contributed by atoms with Gasteiger partial charge in [-0.1, -0.05) is 12.1 Å². The normalized spacial score (nSPS) is 19.6. The van der Waals surface area contributed by atoms with E-state index in [0.717, 1.165) is 12.5 Å². The molecule has 16 heteroatoms. The van der Waals surface area contributed by atoms with Gasteiger partial charge in [0.15, 0.2) is 9.84 Å². The number of aromatic amines is 1. The number of piperidine rings is 1. The molecule has 2 aliphatic rings. The quantitative estimate of drug-likeness (QED) is 0.307. The maximum atomic E-state index is 14.0. The van der Waals surface area contributed by atoms with E-state index in [1.165, 1.54) is 40.7 Å². The fourth-order valence-corrected chi connectivity index (χ4v) is 7.48. The van der Waals surface area contributed by atoms with Gasteiger partial charge in [-0.05, 0) is 43.2 Å². The molecule has 3 heterocycles. The van der Waals surface area contributed by atoms with Crippen molar-refractivity contribution in [2.45, 2.75) is 46.9 Å². The van der Waals surface area contributed by atoms with Crippen molar-refractivity contribution in [1.82, 2.24) is 14.6 Å². The first-order valence-electron chi connectivity index (χ1n) is 13.8. The van der Waals surface area contributed by atoms with Crippen molar-refractivity contribution >= 4 is 36.9 Å². The molecule has 238 valence electrons. The summed E-state index contributed by atoms with van der Waals surface area (Å²) in [5.74, 6) is -0.409. The number of halogens is 1. The number of aliphatic hydroxyl groups is 1.